The lowest BCUT2D eigenvalue weighted by molar-refractivity contribution is -0.117. The molecule has 0 radical (unpaired) electrons. The fourth-order valence-corrected chi connectivity index (χ4v) is 10.2. The normalized spacial score (nSPS) is 22.6. The average Bonchev–Trinajstić information content (AvgIpc) is 3.73. The van der Waals surface area contributed by atoms with Gasteiger partial charge in [0, 0.05) is 75.1 Å². The number of rotatable bonds is 11. The van der Waals surface area contributed by atoms with Gasteiger partial charge in [0.1, 0.15) is 5.75 Å². The number of hydrogen-bond acceptors (Lipinski definition) is 7. The number of hydrogen-bond donors (Lipinski definition) is 2. The van der Waals surface area contributed by atoms with Gasteiger partial charge in [0.05, 0.1) is 18.0 Å². The van der Waals surface area contributed by atoms with Crippen molar-refractivity contribution in [1.29, 1.82) is 0 Å². The third-order valence-corrected chi connectivity index (χ3v) is 13.6. The van der Waals surface area contributed by atoms with Gasteiger partial charge in [-0.2, -0.15) is 0 Å². The highest BCUT2D eigenvalue weighted by atomic mass is 16.5. The maximum Gasteiger partial charge on any atom is 0.192 e. The number of ketones is 4. The van der Waals surface area contributed by atoms with Gasteiger partial charge in [0.25, 0.3) is 0 Å². The summed E-state index contributed by atoms with van der Waals surface area (Å²) in [7, 11) is 0. The van der Waals surface area contributed by atoms with Gasteiger partial charge in [0.15, 0.2) is 23.1 Å². The van der Waals surface area contributed by atoms with Crippen LogP contribution in [-0.2, 0) is 14.4 Å². The summed E-state index contributed by atoms with van der Waals surface area (Å²) in [6.45, 7) is 15.6. The van der Waals surface area contributed by atoms with Crippen LogP contribution in [0, 0.1) is 11.3 Å². The van der Waals surface area contributed by atoms with Crippen LogP contribution in [0.15, 0.2) is 147 Å². The summed E-state index contributed by atoms with van der Waals surface area (Å²) in [5.74, 6) is 0.535. The van der Waals surface area contributed by atoms with Gasteiger partial charge in [-0.3, -0.25) is 19.2 Å². The van der Waals surface area contributed by atoms with Crippen molar-refractivity contribution in [2.24, 2.45) is 11.3 Å². The molecule has 0 saturated heterocycles. The van der Waals surface area contributed by atoms with Gasteiger partial charge in [-0.05, 0) is 86.1 Å². The number of benzene rings is 2. The Labute approximate surface area is 367 Å². The zero-order chi connectivity index (χ0) is 43.7. The van der Waals surface area contributed by atoms with Crippen molar-refractivity contribution < 1.29 is 23.9 Å². The number of nitrogens with one attached hydrogen (secondary N) is 2. The first-order valence-electron chi connectivity index (χ1n) is 22.9. The van der Waals surface area contributed by atoms with E-state index in [1.54, 1.807) is 0 Å². The molecule has 2 aromatic rings. The van der Waals surface area contributed by atoms with Crippen LogP contribution in [0.25, 0.3) is 5.70 Å². The summed E-state index contributed by atoms with van der Waals surface area (Å²) >= 11 is 0. The zero-order valence-corrected chi connectivity index (χ0v) is 37.1. The molecular weight excluding hydrogens is 769 g/mol. The second-order valence-electron chi connectivity index (χ2n) is 18.2. The van der Waals surface area contributed by atoms with Crippen molar-refractivity contribution in [3.05, 3.63) is 164 Å². The molecule has 0 amide bonds. The van der Waals surface area contributed by atoms with Crippen molar-refractivity contribution in [2.75, 3.05) is 6.61 Å². The van der Waals surface area contributed by atoms with Gasteiger partial charge in [0.2, 0.25) is 0 Å². The molecule has 0 fully saturated rings. The fourth-order valence-electron chi connectivity index (χ4n) is 10.2. The van der Waals surface area contributed by atoms with Gasteiger partial charge < -0.3 is 15.4 Å². The number of dihydropyridines is 2. The third kappa shape index (κ3) is 7.80. The molecule has 2 aromatic carbocycles. The SMILES string of the molecule is C=C/C(=C\C=C(/C)CC)C1C2=C(CCCC2=O)NC2=C1C(=O)C1=C2C(C)(C)CC=C1.CCCCCCOc1ccc(C2C3=C(CCCC3=O)NC3=C2C(=O)c2ccccc23)cc1. The van der Waals surface area contributed by atoms with Crippen LogP contribution in [0.5, 0.6) is 5.75 Å². The molecule has 0 aromatic heterocycles. The highest BCUT2D eigenvalue weighted by Crippen LogP contribution is 2.53. The number of unbranched alkanes of at least 4 members (excludes halogenated alkanes) is 3. The molecule has 0 spiro atoms. The molecule has 5 aliphatic carbocycles. The zero-order valence-electron chi connectivity index (χ0n) is 37.1. The molecule has 9 rings (SSSR count). The number of Topliss-reactive ketones (excluding diaryl/α,β-unsaturated/α-hetero) is 4. The quantitative estimate of drug-likeness (QED) is 0.172. The smallest absolute Gasteiger partial charge is 0.192 e. The minimum atomic E-state index is -0.343. The van der Waals surface area contributed by atoms with Crippen molar-refractivity contribution >= 4 is 28.8 Å². The Morgan fingerprint density at radius 3 is 2.15 bits per heavy atom. The summed E-state index contributed by atoms with van der Waals surface area (Å²) in [5, 5.41) is 7.05. The molecule has 0 bridgehead atoms. The summed E-state index contributed by atoms with van der Waals surface area (Å²) in [4.78, 5) is 53.2. The summed E-state index contributed by atoms with van der Waals surface area (Å²) in [6, 6.07) is 15.7. The number of allylic oxidation sites excluding steroid dienone is 15. The summed E-state index contributed by atoms with van der Waals surface area (Å²) in [6.07, 6.45) is 21.0. The van der Waals surface area contributed by atoms with E-state index in [-0.39, 0.29) is 40.4 Å². The standard InChI is InChI=1S/C28H29NO3.C27H31NO2/c1-2-3-4-7-17-32-19-15-13-18(14-16-19)24-25-22(11-8-12-23(25)30)29-27-20-9-5-6-10-21(20)28(31)26(24)27;1-6-16(3)13-14-17(7-2)21-22-19(11-8-12-20(22)29)28-25-23(21)26(30)18-10-9-15-27(4,5)24(18)25/h5-6,9-10,13-16,24,29H,2-4,7-8,11-12,17H2,1H3;7,9-10,13-14,21,28H,2,6,8,11-12,15H2,1,3-5H3/b;16-13+,17-14+. The van der Waals surface area contributed by atoms with E-state index < -0.39 is 0 Å². The molecule has 2 atom stereocenters. The molecule has 7 heteroatoms. The minimum absolute atomic E-state index is 0.0225. The number of carbonyl (C=O) groups excluding carboxylic acids is 4. The Balaban J connectivity index is 0.000000171. The van der Waals surface area contributed by atoms with E-state index in [0.29, 0.717) is 30.6 Å². The third-order valence-electron chi connectivity index (χ3n) is 13.6. The second-order valence-corrected chi connectivity index (χ2v) is 18.2. The largest absolute Gasteiger partial charge is 0.494 e. The lowest BCUT2D eigenvalue weighted by Gasteiger charge is -2.36. The molecule has 0 saturated carbocycles. The van der Waals surface area contributed by atoms with E-state index >= 15 is 0 Å². The first-order valence-corrected chi connectivity index (χ1v) is 22.9. The Kier molecular flexibility index (Phi) is 12.4. The molecule has 7 aliphatic rings. The lowest BCUT2D eigenvalue weighted by Crippen LogP contribution is -2.35. The number of fused-ring (bicyclic) bond motifs is 3. The predicted octanol–water partition coefficient (Wildman–Crippen LogP) is 11.7. The van der Waals surface area contributed by atoms with Crippen LogP contribution < -0.4 is 15.4 Å². The lowest BCUT2D eigenvalue weighted by atomic mass is 9.72. The van der Waals surface area contributed by atoms with Crippen molar-refractivity contribution in [2.45, 2.75) is 118 Å². The maximum atomic E-state index is 13.7. The molecule has 2 heterocycles. The Hall–Kier alpha value is -5.82. The average molecular weight is 829 g/mol. The van der Waals surface area contributed by atoms with E-state index in [0.717, 1.165) is 118 Å². The highest BCUT2D eigenvalue weighted by molar-refractivity contribution is 6.23. The first-order chi connectivity index (χ1) is 30.0. The van der Waals surface area contributed by atoms with E-state index in [4.69, 9.17) is 4.74 Å². The molecule has 7 nitrogen and oxygen atoms in total. The highest BCUT2D eigenvalue weighted by Gasteiger charge is 2.48. The van der Waals surface area contributed by atoms with Crippen LogP contribution in [0.1, 0.15) is 139 Å². The monoisotopic (exact) mass is 828 g/mol. The molecule has 62 heavy (non-hydrogen) atoms. The Morgan fingerprint density at radius 2 is 1.45 bits per heavy atom. The van der Waals surface area contributed by atoms with E-state index in [9.17, 15) is 19.2 Å². The van der Waals surface area contributed by atoms with Crippen LogP contribution in [-0.4, -0.2) is 29.7 Å². The second kappa shape index (κ2) is 17.9. The van der Waals surface area contributed by atoms with E-state index in [1.807, 2.05) is 66.8 Å². The van der Waals surface area contributed by atoms with Gasteiger partial charge in [-0.25, -0.2) is 0 Å². The fraction of sp³-hybridized carbons (Fsp3) is 0.382. The summed E-state index contributed by atoms with van der Waals surface area (Å²) in [5.41, 5.74) is 13.3. The predicted molar refractivity (Wildman–Crippen MR) is 247 cm³/mol. The van der Waals surface area contributed by atoms with Crippen molar-refractivity contribution in [3.63, 3.8) is 0 Å². The van der Waals surface area contributed by atoms with Gasteiger partial charge >= 0.3 is 0 Å². The van der Waals surface area contributed by atoms with E-state index in [2.05, 4.69) is 64.0 Å². The van der Waals surface area contributed by atoms with E-state index in [1.165, 1.54) is 24.8 Å². The van der Waals surface area contributed by atoms with Crippen LogP contribution in [0.2, 0.25) is 0 Å². The number of ether oxygens (including phenoxy) is 1. The first kappa shape index (κ1) is 42.9. The maximum absolute atomic E-state index is 13.7. The molecule has 2 unspecified atom stereocenters. The molecule has 320 valence electrons. The topological polar surface area (TPSA) is 102 Å². The Bertz CT molecular complexity index is 2510. The molecular formula is C55H60N2O5. The van der Waals surface area contributed by atoms with Crippen molar-refractivity contribution in [3.8, 4) is 5.75 Å². The van der Waals surface area contributed by atoms with Crippen LogP contribution >= 0.6 is 0 Å². The summed E-state index contributed by atoms with van der Waals surface area (Å²) < 4.78 is 5.91. The molecule has 2 aliphatic heterocycles. The van der Waals surface area contributed by atoms with Crippen molar-refractivity contribution in [1.82, 2.24) is 10.6 Å². The molecule has 2 N–H and O–H groups in total. The Morgan fingerprint density at radius 1 is 0.774 bits per heavy atom. The van der Waals surface area contributed by atoms with Gasteiger partial charge in [-0.15, -0.1) is 0 Å². The van der Waals surface area contributed by atoms with Gasteiger partial charge in [-0.1, -0.05) is 126 Å². The number of carbonyl (C=O) groups is 4. The van der Waals surface area contributed by atoms with Crippen LogP contribution in [0.4, 0.5) is 0 Å². The van der Waals surface area contributed by atoms with Crippen LogP contribution in [0.3, 0.4) is 0 Å². The minimum Gasteiger partial charge on any atom is -0.494 e.